The van der Waals surface area contributed by atoms with Crippen LogP contribution in [0.15, 0.2) is 24.3 Å². The van der Waals surface area contributed by atoms with Crippen LogP contribution in [0.4, 0.5) is 0 Å². The molecule has 104 valence electrons. The Morgan fingerprint density at radius 3 is 2.79 bits per heavy atom. The van der Waals surface area contributed by atoms with Crippen LogP contribution >= 0.6 is 0 Å². The fourth-order valence-corrected chi connectivity index (χ4v) is 2.72. The molecule has 1 aliphatic rings. The number of rotatable bonds is 5. The zero-order valence-corrected chi connectivity index (χ0v) is 11.5. The van der Waals surface area contributed by atoms with Gasteiger partial charge in [-0.05, 0) is 30.5 Å². The quantitative estimate of drug-likeness (QED) is 0.882. The average Bonchev–Trinajstić information content (AvgIpc) is 2.98. The minimum absolute atomic E-state index is 0.0368. The standard InChI is InChI=1S/C15H22N2O2/c1-19-14-8-4-5-12(9-14)11-17(15(18)10-16)13-6-2-3-7-13/h4-5,8-9,13H,2-3,6-7,10-11,16H2,1H3. The maximum atomic E-state index is 12.0. The average molecular weight is 262 g/mol. The van der Waals surface area contributed by atoms with E-state index in [9.17, 15) is 4.79 Å². The molecule has 0 radical (unpaired) electrons. The molecule has 4 nitrogen and oxygen atoms in total. The van der Waals surface area contributed by atoms with Crippen molar-refractivity contribution in [2.24, 2.45) is 5.73 Å². The first-order valence-corrected chi connectivity index (χ1v) is 6.87. The molecule has 4 heteroatoms. The Balaban J connectivity index is 2.12. The van der Waals surface area contributed by atoms with Gasteiger partial charge < -0.3 is 15.4 Å². The molecule has 1 aliphatic carbocycles. The number of ether oxygens (including phenoxy) is 1. The molecule has 0 heterocycles. The highest BCUT2D eigenvalue weighted by Gasteiger charge is 2.25. The molecule has 0 bridgehead atoms. The van der Waals surface area contributed by atoms with Crippen LogP contribution in [0.2, 0.25) is 0 Å². The molecule has 19 heavy (non-hydrogen) atoms. The van der Waals surface area contributed by atoms with Crippen LogP contribution in [0.25, 0.3) is 0 Å². The van der Waals surface area contributed by atoms with Gasteiger partial charge in [0.1, 0.15) is 5.75 Å². The van der Waals surface area contributed by atoms with Crippen molar-refractivity contribution in [3.05, 3.63) is 29.8 Å². The van der Waals surface area contributed by atoms with Gasteiger partial charge in [0.25, 0.3) is 0 Å². The lowest BCUT2D eigenvalue weighted by atomic mass is 10.1. The summed E-state index contributed by atoms with van der Waals surface area (Å²) in [5.41, 5.74) is 6.63. The zero-order valence-electron chi connectivity index (χ0n) is 11.5. The van der Waals surface area contributed by atoms with Crippen LogP contribution in [-0.2, 0) is 11.3 Å². The van der Waals surface area contributed by atoms with E-state index in [1.165, 1.54) is 12.8 Å². The predicted octanol–water partition coefficient (Wildman–Crippen LogP) is 1.93. The van der Waals surface area contributed by atoms with Gasteiger partial charge in [-0.15, -0.1) is 0 Å². The summed E-state index contributed by atoms with van der Waals surface area (Å²) in [5, 5.41) is 0. The first-order valence-electron chi connectivity index (χ1n) is 6.87. The van der Waals surface area contributed by atoms with Gasteiger partial charge in [-0.25, -0.2) is 0 Å². The Bertz CT molecular complexity index is 428. The smallest absolute Gasteiger partial charge is 0.236 e. The van der Waals surface area contributed by atoms with Crippen LogP contribution in [0, 0.1) is 0 Å². The molecule has 0 spiro atoms. The van der Waals surface area contributed by atoms with E-state index < -0.39 is 0 Å². The predicted molar refractivity (Wildman–Crippen MR) is 74.9 cm³/mol. The van der Waals surface area contributed by atoms with Crippen molar-refractivity contribution in [3.63, 3.8) is 0 Å². The topological polar surface area (TPSA) is 55.6 Å². The summed E-state index contributed by atoms with van der Waals surface area (Å²) in [6.07, 6.45) is 4.60. The molecular weight excluding hydrogens is 240 g/mol. The molecule has 1 amide bonds. The van der Waals surface area contributed by atoms with E-state index in [4.69, 9.17) is 10.5 Å². The van der Waals surface area contributed by atoms with Gasteiger partial charge in [0, 0.05) is 12.6 Å². The van der Waals surface area contributed by atoms with Crippen molar-refractivity contribution in [1.29, 1.82) is 0 Å². The van der Waals surface area contributed by atoms with Crippen molar-refractivity contribution in [3.8, 4) is 5.75 Å². The lowest BCUT2D eigenvalue weighted by Gasteiger charge is -2.29. The number of methoxy groups -OCH3 is 1. The third kappa shape index (κ3) is 3.47. The lowest BCUT2D eigenvalue weighted by molar-refractivity contribution is -0.132. The normalized spacial score (nSPS) is 15.5. The van der Waals surface area contributed by atoms with Crippen LogP contribution < -0.4 is 10.5 Å². The van der Waals surface area contributed by atoms with Gasteiger partial charge in [-0.3, -0.25) is 4.79 Å². The fourth-order valence-electron chi connectivity index (χ4n) is 2.72. The SMILES string of the molecule is COc1cccc(CN(C(=O)CN)C2CCCC2)c1. The molecule has 2 N–H and O–H groups in total. The summed E-state index contributed by atoms with van der Waals surface area (Å²) in [6.45, 7) is 0.707. The molecule has 1 aromatic rings. The van der Waals surface area contributed by atoms with E-state index >= 15 is 0 Å². The van der Waals surface area contributed by atoms with Crippen molar-refractivity contribution in [2.75, 3.05) is 13.7 Å². The Hall–Kier alpha value is -1.55. The largest absolute Gasteiger partial charge is 0.497 e. The number of carbonyl (C=O) groups excluding carboxylic acids is 1. The summed E-state index contributed by atoms with van der Waals surface area (Å²) >= 11 is 0. The number of nitrogens with zero attached hydrogens (tertiary/aromatic N) is 1. The van der Waals surface area contributed by atoms with Crippen LogP contribution in [0.1, 0.15) is 31.2 Å². The molecule has 0 aliphatic heterocycles. The molecule has 0 atom stereocenters. The monoisotopic (exact) mass is 262 g/mol. The number of amides is 1. The number of nitrogens with two attached hydrogens (primary N) is 1. The highest BCUT2D eigenvalue weighted by Crippen LogP contribution is 2.25. The molecule has 2 rings (SSSR count). The number of benzene rings is 1. The third-order valence-corrected chi connectivity index (χ3v) is 3.75. The van der Waals surface area contributed by atoms with Crippen LogP contribution in [0.3, 0.4) is 0 Å². The summed E-state index contributed by atoms with van der Waals surface area (Å²) in [5.74, 6) is 0.860. The molecular formula is C15H22N2O2. The Morgan fingerprint density at radius 1 is 1.42 bits per heavy atom. The van der Waals surface area contributed by atoms with Gasteiger partial charge >= 0.3 is 0 Å². The Kier molecular flexibility index (Phi) is 4.80. The first-order chi connectivity index (χ1) is 9.24. The second kappa shape index (κ2) is 6.57. The van der Waals surface area contributed by atoms with E-state index in [1.54, 1.807) is 7.11 Å². The second-order valence-corrected chi connectivity index (χ2v) is 5.02. The van der Waals surface area contributed by atoms with Crippen molar-refractivity contribution in [1.82, 2.24) is 4.90 Å². The van der Waals surface area contributed by atoms with Crippen LogP contribution in [-0.4, -0.2) is 30.5 Å². The molecule has 1 saturated carbocycles. The molecule has 0 saturated heterocycles. The van der Waals surface area contributed by atoms with Crippen LogP contribution in [0.5, 0.6) is 5.75 Å². The lowest BCUT2D eigenvalue weighted by Crippen LogP contribution is -2.41. The van der Waals surface area contributed by atoms with Crippen molar-refractivity contribution in [2.45, 2.75) is 38.3 Å². The van der Waals surface area contributed by atoms with Crippen molar-refractivity contribution < 1.29 is 9.53 Å². The Morgan fingerprint density at radius 2 is 2.16 bits per heavy atom. The van der Waals surface area contributed by atoms with E-state index in [0.717, 1.165) is 24.2 Å². The summed E-state index contributed by atoms with van der Waals surface area (Å²) < 4.78 is 5.22. The first kappa shape index (κ1) is 13.9. The zero-order chi connectivity index (χ0) is 13.7. The van der Waals surface area contributed by atoms with E-state index in [2.05, 4.69) is 0 Å². The van der Waals surface area contributed by atoms with Gasteiger partial charge in [-0.2, -0.15) is 0 Å². The second-order valence-electron chi connectivity index (χ2n) is 5.02. The van der Waals surface area contributed by atoms with Gasteiger partial charge in [0.15, 0.2) is 0 Å². The highest BCUT2D eigenvalue weighted by molar-refractivity contribution is 5.78. The van der Waals surface area contributed by atoms with Gasteiger partial charge in [0.05, 0.1) is 13.7 Å². The number of carbonyl (C=O) groups is 1. The number of hydrogen-bond acceptors (Lipinski definition) is 3. The van der Waals surface area contributed by atoms with E-state index in [-0.39, 0.29) is 12.5 Å². The Labute approximate surface area is 114 Å². The minimum Gasteiger partial charge on any atom is -0.497 e. The van der Waals surface area contributed by atoms with E-state index in [1.807, 2.05) is 29.2 Å². The highest BCUT2D eigenvalue weighted by atomic mass is 16.5. The maximum absolute atomic E-state index is 12.0. The summed E-state index contributed by atoms with van der Waals surface area (Å²) in [4.78, 5) is 14.0. The number of hydrogen-bond donors (Lipinski definition) is 1. The molecule has 0 unspecified atom stereocenters. The molecule has 1 fully saturated rings. The molecule has 0 aromatic heterocycles. The maximum Gasteiger partial charge on any atom is 0.236 e. The molecule has 1 aromatic carbocycles. The van der Waals surface area contributed by atoms with Gasteiger partial charge in [-0.1, -0.05) is 25.0 Å². The fraction of sp³-hybridized carbons (Fsp3) is 0.533. The third-order valence-electron chi connectivity index (χ3n) is 3.75. The van der Waals surface area contributed by atoms with Gasteiger partial charge in [0.2, 0.25) is 5.91 Å². The van der Waals surface area contributed by atoms with E-state index in [0.29, 0.717) is 12.6 Å². The summed E-state index contributed by atoms with van der Waals surface area (Å²) in [7, 11) is 1.65. The summed E-state index contributed by atoms with van der Waals surface area (Å²) in [6, 6.07) is 8.21. The van der Waals surface area contributed by atoms with Crippen molar-refractivity contribution >= 4 is 5.91 Å². The minimum atomic E-state index is 0.0368.